The first-order chi connectivity index (χ1) is 17.2. The number of hydrogen-bond donors (Lipinski definition) is 2. The Labute approximate surface area is 231 Å². The van der Waals surface area contributed by atoms with E-state index in [-0.39, 0.29) is 12.2 Å². The van der Waals surface area contributed by atoms with Crippen LogP contribution in [0.2, 0.25) is 0 Å². The van der Waals surface area contributed by atoms with E-state index >= 15 is 0 Å². The highest BCUT2D eigenvalue weighted by Crippen LogP contribution is 2.23. The molecular weight excluding hydrogens is 492 g/mol. The van der Waals surface area contributed by atoms with Crippen molar-refractivity contribution in [3.63, 3.8) is 0 Å². The molecule has 0 radical (unpaired) electrons. The summed E-state index contributed by atoms with van der Waals surface area (Å²) in [5, 5.41) is 5.56. The number of ether oxygens (including phenoxy) is 2. The predicted octanol–water partition coefficient (Wildman–Crippen LogP) is 6.61. The molecule has 0 heterocycles. The number of rotatable bonds is 17. The Bertz CT molecular complexity index is 625. The summed E-state index contributed by atoms with van der Waals surface area (Å²) >= 11 is 0. The normalized spacial score (nSPS) is 14.5. The van der Waals surface area contributed by atoms with Gasteiger partial charge in [0.15, 0.2) is 0 Å². The van der Waals surface area contributed by atoms with Gasteiger partial charge in [-0.3, -0.25) is 0 Å². The SMILES string of the molecule is CC(CC(C)(C)OOC(C)(C)C)OC(=O)NCCCCCCNC(=O)OC(C)CC(C)(C)OOC(C)(C)C. The lowest BCUT2D eigenvalue weighted by molar-refractivity contribution is -0.399. The fourth-order valence-corrected chi connectivity index (χ4v) is 3.44. The minimum absolute atomic E-state index is 0.322. The number of alkyl carbamates (subject to hydrolysis) is 2. The molecule has 0 spiro atoms. The van der Waals surface area contributed by atoms with Gasteiger partial charge >= 0.3 is 12.2 Å². The second kappa shape index (κ2) is 16.5. The largest absolute Gasteiger partial charge is 0.446 e. The molecule has 0 aromatic heterocycles. The molecule has 0 aliphatic carbocycles. The van der Waals surface area contributed by atoms with Crippen molar-refractivity contribution in [1.82, 2.24) is 10.6 Å². The van der Waals surface area contributed by atoms with Crippen molar-refractivity contribution in [2.75, 3.05) is 13.1 Å². The maximum absolute atomic E-state index is 12.0. The molecule has 226 valence electrons. The van der Waals surface area contributed by atoms with Gasteiger partial charge in [-0.2, -0.15) is 0 Å². The Hall–Kier alpha value is -1.62. The summed E-state index contributed by atoms with van der Waals surface area (Å²) in [6, 6.07) is 0. The van der Waals surface area contributed by atoms with Crippen LogP contribution in [-0.2, 0) is 29.0 Å². The third-order valence-electron chi connectivity index (χ3n) is 4.85. The summed E-state index contributed by atoms with van der Waals surface area (Å²) in [7, 11) is 0. The fraction of sp³-hybridized carbons (Fsp3) is 0.929. The summed E-state index contributed by atoms with van der Waals surface area (Å²) in [4.78, 5) is 45.9. The average molecular weight is 549 g/mol. The molecule has 0 saturated heterocycles. The summed E-state index contributed by atoms with van der Waals surface area (Å²) in [5.74, 6) is 0. The second-order valence-electron chi connectivity index (χ2n) is 13.2. The number of amides is 2. The first-order valence-electron chi connectivity index (χ1n) is 13.8. The molecule has 0 aromatic rings. The van der Waals surface area contributed by atoms with E-state index in [1.165, 1.54) is 0 Å². The molecule has 2 unspecified atom stereocenters. The Morgan fingerprint density at radius 3 is 1.16 bits per heavy atom. The van der Waals surface area contributed by atoms with Crippen molar-refractivity contribution in [2.45, 2.75) is 156 Å². The second-order valence-corrected chi connectivity index (χ2v) is 13.2. The van der Waals surface area contributed by atoms with E-state index in [4.69, 9.17) is 29.0 Å². The van der Waals surface area contributed by atoms with Crippen LogP contribution < -0.4 is 10.6 Å². The molecule has 0 aliphatic rings. The Morgan fingerprint density at radius 1 is 0.553 bits per heavy atom. The average Bonchev–Trinajstić information content (AvgIpc) is 2.71. The first-order valence-corrected chi connectivity index (χ1v) is 13.8. The molecule has 2 atom stereocenters. The topological polar surface area (TPSA) is 114 Å². The zero-order chi connectivity index (χ0) is 29.6. The molecule has 0 fully saturated rings. The smallest absolute Gasteiger partial charge is 0.407 e. The minimum atomic E-state index is -0.586. The van der Waals surface area contributed by atoms with E-state index in [1.54, 1.807) is 0 Å². The third kappa shape index (κ3) is 22.4. The van der Waals surface area contributed by atoms with E-state index in [0.29, 0.717) is 25.9 Å². The van der Waals surface area contributed by atoms with Gasteiger partial charge < -0.3 is 20.1 Å². The molecule has 10 nitrogen and oxygen atoms in total. The van der Waals surface area contributed by atoms with Gasteiger partial charge in [-0.05, 0) is 95.9 Å². The fourth-order valence-electron chi connectivity index (χ4n) is 3.44. The maximum Gasteiger partial charge on any atom is 0.407 e. The predicted molar refractivity (Wildman–Crippen MR) is 148 cm³/mol. The summed E-state index contributed by atoms with van der Waals surface area (Å²) in [6.07, 6.45) is 2.97. The summed E-state index contributed by atoms with van der Waals surface area (Å²) < 4.78 is 10.8. The lowest BCUT2D eigenvalue weighted by atomic mass is 10.0. The van der Waals surface area contributed by atoms with Crippen molar-refractivity contribution in [2.24, 2.45) is 0 Å². The Morgan fingerprint density at radius 2 is 0.868 bits per heavy atom. The van der Waals surface area contributed by atoms with Crippen molar-refractivity contribution >= 4 is 12.2 Å². The zero-order valence-electron chi connectivity index (χ0n) is 26.1. The standard InChI is InChI=1S/C28H56N2O8/c1-21(19-27(9,10)37-35-25(3,4)5)33-23(31)29-17-15-13-14-16-18-30-24(32)34-22(2)20-28(11,12)38-36-26(6,7)8/h21-22H,13-20H2,1-12H3,(H,29,31)(H,30,32). The summed E-state index contributed by atoms with van der Waals surface area (Å²) in [6.45, 7) is 23.8. The molecule has 0 saturated carbocycles. The van der Waals surface area contributed by atoms with Gasteiger partial charge in [0.1, 0.15) is 23.4 Å². The van der Waals surface area contributed by atoms with E-state index in [2.05, 4.69) is 10.6 Å². The van der Waals surface area contributed by atoms with Gasteiger partial charge in [0.25, 0.3) is 0 Å². The maximum atomic E-state index is 12.0. The number of hydrogen-bond acceptors (Lipinski definition) is 8. The molecule has 38 heavy (non-hydrogen) atoms. The first kappa shape index (κ1) is 36.4. The number of carbonyl (C=O) groups is 2. The van der Waals surface area contributed by atoms with E-state index < -0.39 is 34.6 Å². The Balaban J connectivity index is 3.91. The van der Waals surface area contributed by atoms with Crippen LogP contribution >= 0.6 is 0 Å². The van der Waals surface area contributed by atoms with Crippen LogP contribution in [0.25, 0.3) is 0 Å². The van der Waals surface area contributed by atoms with Crippen LogP contribution in [-0.4, -0.2) is 59.9 Å². The molecule has 0 bridgehead atoms. The van der Waals surface area contributed by atoms with E-state index in [1.807, 2.05) is 83.1 Å². The lowest BCUT2D eigenvalue weighted by Gasteiger charge is -2.30. The molecule has 2 N–H and O–H groups in total. The van der Waals surface area contributed by atoms with Crippen molar-refractivity contribution in [3.8, 4) is 0 Å². The van der Waals surface area contributed by atoms with Crippen LogP contribution in [0.1, 0.15) is 122 Å². The van der Waals surface area contributed by atoms with E-state index in [9.17, 15) is 9.59 Å². The zero-order valence-corrected chi connectivity index (χ0v) is 26.1. The van der Waals surface area contributed by atoms with E-state index in [0.717, 1.165) is 25.7 Å². The van der Waals surface area contributed by atoms with Crippen molar-refractivity contribution in [1.29, 1.82) is 0 Å². The van der Waals surface area contributed by atoms with Gasteiger partial charge in [-0.25, -0.2) is 29.1 Å². The minimum Gasteiger partial charge on any atom is -0.446 e. The molecule has 2 amide bonds. The molecular formula is C28H56N2O8. The lowest BCUT2D eigenvalue weighted by Crippen LogP contribution is -2.36. The monoisotopic (exact) mass is 548 g/mol. The van der Waals surface area contributed by atoms with Crippen LogP contribution in [0.4, 0.5) is 9.59 Å². The highest BCUT2D eigenvalue weighted by molar-refractivity contribution is 5.67. The number of carbonyl (C=O) groups excluding carboxylic acids is 2. The van der Waals surface area contributed by atoms with Crippen LogP contribution in [0, 0.1) is 0 Å². The Kier molecular flexibility index (Phi) is 15.8. The van der Waals surface area contributed by atoms with Gasteiger partial charge in [0, 0.05) is 25.9 Å². The van der Waals surface area contributed by atoms with Gasteiger partial charge in [-0.15, -0.1) is 0 Å². The van der Waals surface area contributed by atoms with Gasteiger partial charge in [0.2, 0.25) is 0 Å². The van der Waals surface area contributed by atoms with Crippen LogP contribution in [0.5, 0.6) is 0 Å². The third-order valence-corrected chi connectivity index (χ3v) is 4.85. The van der Waals surface area contributed by atoms with Crippen LogP contribution in [0.15, 0.2) is 0 Å². The molecule has 0 aliphatic heterocycles. The quantitative estimate of drug-likeness (QED) is 0.119. The highest BCUT2D eigenvalue weighted by Gasteiger charge is 2.29. The molecule has 0 rings (SSSR count). The van der Waals surface area contributed by atoms with Crippen molar-refractivity contribution in [3.05, 3.63) is 0 Å². The van der Waals surface area contributed by atoms with Gasteiger partial charge in [-0.1, -0.05) is 12.8 Å². The van der Waals surface area contributed by atoms with Crippen molar-refractivity contribution < 1.29 is 38.6 Å². The highest BCUT2D eigenvalue weighted by atomic mass is 17.2. The number of nitrogens with one attached hydrogen (secondary N) is 2. The molecule has 10 heteroatoms. The van der Waals surface area contributed by atoms with Gasteiger partial charge in [0.05, 0.1) is 11.2 Å². The number of unbranched alkanes of at least 4 members (excludes halogenated alkanes) is 3. The van der Waals surface area contributed by atoms with Crippen LogP contribution in [0.3, 0.4) is 0 Å². The molecule has 0 aromatic carbocycles. The summed E-state index contributed by atoms with van der Waals surface area (Å²) in [5.41, 5.74) is -1.99.